The van der Waals surface area contributed by atoms with E-state index in [0.29, 0.717) is 18.9 Å². The Morgan fingerprint density at radius 3 is 2.30 bits per heavy atom. The summed E-state index contributed by atoms with van der Waals surface area (Å²) in [5, 5.41) is 5.92. The van der Waals surface area contributed by atoms with Crippen LogP contribution in [0.1, 0.15) is 71.1 Å². The van der Waals surface area contributed by atoms with Crippen molar-refractivity contribution in [2.24, 2.45) is 11.7 Å². The van der Waals surface area contributed by atoms with E-state index in [1.54, 1.807) is 6.92 Å². The molecule has 0 spiro atoms. The van der Waals surface area contributed by atoms with Gasteiger partial charge in [0.15, 0.2) is 0 Å². The summed E-state index contributed by atoms with van der Waals surface area (Å²) in [5.74, 6) is 0.390. The van der Waals surface area contributed by atoms with Gasteiger partial charge in [-0.2, -0.15) is 0 Å². The minimum absolute atomic E-state index is 0. The van der Waals surface area contributed by atoms with Crippen molar-refractivity contribution in [2.75, 3.05) is 6.54 Å². The van der Waals surface area contributed by atoms with E-state index >= 15 is 0 Å². The van der Waals surface area contributed by atoms with E-state index in [1.807, 2.05) is 0 Å². The Morgan fingerprint density at radius 1 is 1.13 bits per heavy atom. The van der Waals surface area contributed by atoms with E-state index in [2.05, 4.69) is 10.6 Å². The van der Waals surface area contributed by atoms with Gasteiger partial charge in [0.05, 0.1) is 5.54 Å². The van der Waals surface area contributed by atoms with Crippen molar-refractivity contribution in [2.45, 2.75) is 82.7 Å². The van der Waals surface area contributed by atoms with Crippen LogP contribution < -0.4 is 16.4 Å². The number of amides is 2. The summed E-state index contributed by atoms with van der Waals surface area (Å²) < 4.78 is 0. The first-order chi connectivity index (χ1) is 10.5. The van der Waals surface area contributed by atoms with Crippen LogP contribution in [0.25, 0.3) is 0 Å². The Bertz CT molecular complexity index is 391. The van der Waals surface area contributed by atoms with E-state index in [1.165, 1.54) is 19.3 Å². The summed E-state index contributed by atoms with van der Waals surface area (Å²) in [6, 6.07) is -0.486. The van der Waals surface area contributed by atoms with Crippen LogP contribution in [0.15, 0.2) is 0 Å². The van der Waals surface area contributed by atoms with Crippen molar-refractivity contribution in [3.05, 3.63) is 0 Å². The van der Waals surface area contributed by atoms with Gasteiger partial charge in [0, 0.05) is 13.0 Å². The lowest BCUT2D eigenvalue weighted by atomic mass is 9.87. The molecule has 0 aliphatic heterocycles. The van der Waals surface area contributed by atoms with Crippen LogP contribution in [0.5, 0.6) is 0 Å². The highest BCUT2D eigenvalue weighted by molar-refractivity contribution is 5.87. The largest absolute Gasteiger partial charge is 0.348 e. The highest BCUT2D eigenvalue weighted by atomic mass is 35.5. The summed E-state index contributed by atoms with van der Waals surface area (Å²) in [6.07, 6.45) is 10.7. The zero-order valence-electron chi connectivity index (χ0n) is 14.2. The van der Waals surface area contributed by atoms with Gasteiger partial charge in [-0.3, -0.25) is 9.59 Å². The van der Waals surface area contributed by atoms with Crippen LogP contribution in [0.2, 0.25) is 0 Å². The molecule has 2 aliphatic carbocycles. The minimum atomic E-state index is -0.486. The van der Waals surface area contributed by atoms with Crippen LogP contribution in [-0.4, -0.2) is 29.9 Å². The van der Waals surface area contributed by atoms with Crippen molar-refractivity contribution >= 4 is 24.2 Å². The van der Waals surface area contributed by atoms with Crippen LogP contribution in [0.4, 0.5) is 0 Å². The lowest BCUT2D eigenvalue weighted by Crippen LogP contribution is -2.56. The molecule has 6 heteroatoms. The highest BCUT2D eigenvalue weighted by Crippen LogP contribution is 2.29. The Morgan fingerprint density at radius 2 is 1.74 bits per heavy atom. The summed E-state index contributed by atoms with van der Waals surface area (Å²) in [6.45, 7) is 2.23. The van der Waals surface area contributed by atoms with Crippen LogP contribution >= 0.6 is 12.4 Å². The lowest BCUT2D eigenvalue weighted by Gasteiger charge is -2.30. The van der Waals surface area contributed by atoms with Gasteiger partial charge in [-0.25, -0.2) is 0 Å². The fraction of sp³-hybridized carbons (Fsp3) is 0.882. The SMILES string of the molecule is CC(NC(=O)CC1CCCCC1)C(=O)NC1(CN)CCCC1.Cl. The van der Waals surface area contributed by atoms with Gasteiger partial charge < -0.3 is 16.4 Å². The highest BCUT2D eigenvalue weighted by Gasteiger charge is 2.35. The Balaban J connectivity index is 0.00000264. The zero-order valence-corrected chi connectivity index (χ0v) is 15.1. The van der Waals surface area contributed by atoms with Crippen molar-refractivity contribution in [1.82, 2.24) is 10.6 Å². The maximum absolute atomic E-state index is 12.3. The number of carbonyl (C=O) groups is 2. The van der Waals surface area contributed by atoms with Crippen LogP contribution in [0, 0.1) is 5.92 Å². The maximum Gasteiger partial charge on any atom is 0.242 e. The van der Waals surface area contributed by atoms with E-state index < -0.39 is 6.04 Å². The van der Waals surface area contributed by atoms with Crippen LogP contribution in [0.3, 0.4) is 0 Å². The molecule has 23 heavy (non-hydrogen) atoms. The molecular formula is C17H32ClN3O2. The summed E-state index contributed by atoms with van der Waals surface area (Å²) >= 11 is 0. The molecule has 0 saturated heterocycles. The second-order valence-corrected chi connectivity index (χ2v) is 7.18. The van der Waals surface area contributed by atoms with Gasteiger partial charge in [-0.1, -0.05) is 32.1 Å². The average Bonchev–Trinajstić information content (AvgIpc) is 2.97. The second kappa shape index (κ2) is 9.48. The molecule has 1 unspecified atom stereocenters. The van der Waals surface area contributed by atoms with Gasteiger partial charge in [-0.15, -0.1) is 12.4 Å². The molecule has 0 radical (unpaired) electrons. The number of nitrogens with two attached hydrogens (primary N) is 1. The fourth-order valence-corrected chi connectivity index (χ4v) is 3.82. The molecule has 2 amide bonds. The molecule has 0 aromatic rings. The van der Waals surface area contributed by atoms with Crippen LogP contribution in [-0.2, 0) is 9.59 Å². The number of hydrogen-bond donors (Lipinski definition) is 3. The molecule has 4 N–H and O–H groups in total. The first-order valence-corrected chi connectivity index (χ1v) is 8.86. The molecule has 2 saturated carbocycles. The topological polar surface area (TPSA) is 84.2 Å². The summed E-state index contributed by atoms with van der Waals surface area (Å²) in [5.41, 5.74) is 5.59. The second-order valence-electron chi connectivity index (χ2n) is 7.18. The van der Waals surface area contributed by atoms with Crippen molar-refractivity contribution in [3.63, 3.8) is 0 Å². The van der Waals surface area contributed by atoms with Gasteiger partial charge in [0.2, 0.25) is 11.8 Å². The number of halogens is 1. The molecule has 2 rings (SSSR count). The molecule has 0 aromatic carbocycles. The van der Waals surface area contributed by atoms with Crippen molar-refractivity contribution in [3.8, 4) is 0 Å². The maximum atomic E-state index is 12.3. The first kappa shape index (κ1) is 20.2. The van der Waals surface area contributed by atoms with E-state index in [9.17, 15) is 9.59 Å². The van der Waals surface area contributed by atoms with Gasteiger partial charge >= 0.3 is 0 Å². The first-order valence-electron chi connectivity index (χ1n) is 8.86. The predicted molar refractivity (Wildman–Crippen MR) is 94.4 cm³/mol. The molecule has 134 valence electrons. The quantitative estimate of drug-likeness (QED) is 0.690. The van der Waals surface area contributed by atoms with E-state index in [0.717, 1.165) is 38.5 Å². The minimum Gasteiger partial charge on any atom is -0.348 e. The number of carbonyl (C=O) groups excluding carboxylic acids is 2. The van der Waals surface area contributed by atoms with E-state index in [4.69, 9.17) is 5.73 Å². The zero-order chi connectivity index (χ0) is 16.0. The standard InChI is InChI=1S/C17H31N3O2.ClH/c1-13(16(22)20-17(12-18)9-5-6-10-17)19-15(21)11-14-7-3-2-4-8-14;/h13-14H,2-12,18H2,1H3,(H,19,21)(H,20,22);1H. The van der Waals surface area contributed by atoms with Gasteiger partial charge in [0.1, 0.15) is 6.04 Å². The summed E-state index contributed by atoms with van der Waals surface area (Å²) in [4.78, 5) is 24.4. The fourth-order valence-electron chi connectivity index (χ4n) is 3.82. The summed E-state index contributed by atoms with van der Waals surface area (Å²) in [7, 11) is 0. The van der Waals surface area contributed by atoms with Crippen molar-refractivity contribution in [1.29, 1.82) is 0 Å². The monoisotopic (exact) mass is 345 g/mol. The normalized spacial score (nSPS) is 22.0. The van der Waals surface area contributed by atoms with E-state index in [-0.39, 0.29) is 29.8 Å². The molecule has 0 aromatic heterocycles. The third-order valence-electron chi connectivity index (χ3n) is 5.31. The van der Waals surface area contributed by atoms with Crippen molar-refractivity contribution < 1.29 is 9.59 Å². The lowest BCUT2D eigenvalue weighted by molar-refractivity contribution is -0.130. The van der Waals surface area contributed by atoms with Gasteiger partial charge in [0.25, 0.3) is 0 Å². The third kappa shape index (κ3) is 5.96. The molecule has 0 bridgehead atoms. The Hall–Kier alpha value is -0.810. The number of nitrogens with one attached hydrogen (secondary N) is 2. The third-order valence-corrected chi connectivity index (χ3v) is 5.31. The number of hydrogen-bond acceptors (Lipinski definition) is 3. The Kier molecular flexibility index (Phi) is 8.34. The molecule has 2 fully saturated rings. The molecule has 5 nitrogen and oxygen atoms in total. The van der Waals surface area contributed by atoms with Gasteiger partial charge in [-0.05, 0) is 38.5 Å². The molecule has 0 heterocycles. The number of rotatable bonds is 6. The molecule has 1 atom stereocenters. The predicted octanol–water partition coefficient (Wildman–Crippen LogP) is 2.27. The smallest absolute Gasteiger partial charge is 0.242 e. The molecule has 2 aliphatic rings. The average molecular weight is 346 g/mol. The Labute approximate surface area is 145 Å². The molecular weight excluding hydrogens is 314 g/mol.